The van der Waals surface area contributed by atoms with Crippen molar-refractivity contribution in [2.75, 3.05) is 20.3 Å². The van der Waals surface area contributed by atoms with Crippen LogP contribution < -0.4 is 16.0 Å². The van der Waals surface area contributed by atoms with Crippen LogP contribution in [0.4, 0.5) is 0 Å². The molecule has 2 aliphatic heterocycles. The molecule has 17 heteroatoms. The Hall–Kier alpha value is -4.22. The number of rotatable bonds is 9. The Kier molecular flexibility index (Phi) is 12.3. The Morgan fingerprint density at radius 1 is 0.820 bits per heavy atom. The normalized spacial score (nSPS) is 15.6. The van der Waals surface area contributed by atoms with Gasteiger partial charge in [-0.15, -0.1) is 0 Å². The molecular weight excluding hydrogens is 766 g/mol. The van der Waals surface area contributed by atoms with Gasteiger partial charge >= 0.3 is 5.97 Å². The average Bonchev–Trinajstić information content (AvgIpc) is 3.87. The SMILES string of the molecule is COCCNC(=O)c1ccc(Cl)c(-c2ccc(/C=C3\SC(=S)NC3=O)o2)c1.O=C1NC(=S)S/C1=C\c1ccc(-c2cc(C(=O)O)ccc2Cl)o1. The van der Waals surface area contributed by atoms with Gasteiger partial charge in [0.15, 0.2) is 0 Å². The number of carbonyl (C=O) groups is 4. The largest absolute Gasteiger partial charge is 0.478 e. The zero-order chi connectivity index (χ0) is 35.9. The molecule has 0 saturated carbocycles. The van der Waals surface area contributed by atoms with Crippen molar-refractivity contribution in [1.29, 1.82) is 0 Å². The molecule has 3 amide bonds. The maximum Gasteiger partial charge on any atom is 0.335 e. The molecule has 50 heavy (non-hydrogen) atoms. The standard InChI is InChI=1S/C18H15ClN2O4S2.C15H8ClNO4S2/c1-24-7-6-20-16(22)10-2-4-13(19)12(8-10)14-5-3-11(25-14)9-15-17(23)21-18(26)27-15;16-10-3-1-7(14(19)20)5-9(10)11-4-2-8(21-11)6-12-13(18)17-15(22)23-12/h2-5,8-9H,6-7H2,1H3,(H,20,22)(H,21,23,26);1-6H,(H,19,20)(H,17,18,22)/b15-9-;12-6-. The number of furan rings is 2. The van der Waals surface area contributed by atoms with E-state index < -0.39 is 5.97 Å². The summed E-state index contributed by atoms with van der Waals surface area (Å²) in [5, 5.41) is 17.7. The van der Waals surface area contributed by atoms with Crippen LogP contribution >= 0.6 is 71.2 Å². The zero-order valence-corrected chi connectivity index (χ0v) is 30.3. The Morgan fingerprint density at radius 2 is 1.30 bits per heavy atom. The van der Waals surface area contributed by atoms with E-state index in [4.69, 9.17) is 66.3 Å². The third kappa shape index (κ3) is 9.31. The number of nitrogens with one attached hydrogen (secondary N) is 3. The molecule has 2 aliphatic rings. The third-order valence-electron chi connectivity index (χ3n) is 6.65. The molecule has 0 spiro atoms. The molecular formula is C33H23Cl2N3O8S4. The first-order valence-corrected chi connectivity index (χ1v) is 17.4. The monoisotopic (exact) mass is 787 g/mol. The lowest BCUT2D eigenvalue weighted by Crippen LogP contribution is -2.26. The second-order valence-electron chi connectivity index (χ2n) is 10.1. The van der Waals surface area contributed by atoms with E-state index in [2.05, 4.69) is 16.0 Å². The van der Waals surface area contributed by atoms with Crippen LogP contribution in [0.5, 0.6) is 0 Å². The van der Waals surface area contributed by atoms with E-state index in [1.54, 1.807) is 61.7 Å². The number of thiocarbonyl (C=S) groups is 2. The number of thioether (sulfide) groups is 2. The summed E-state index contributed by atoms with van der Waals surface area (Å²) < 4.78 is 17.1. The molecule has 6 rings (SSSR count). The molecule has 4 aromatic rings. The van der Waals surface area contributed by atoms with Crippen molar-refractivity contribution >= 4 is 116 Å². The molecule has 0 aliphatic carbocycles. The summed E-state index contributed by atoms with van der Waals surface area (Å²) in [4.78, 5) is 47.5. The van der Waals surface area contributed by atoms with Gasteiger partial charge in [-0.2, -0.15) is 0 Å². The summed E-state index contributed by atoms with van der Waals surface area (Å²) in [5.41, 5.74) is 1.62. The van der Waals surface area contributed by atoms with E-state index >= 15 is 0 Å². The van der Waals surface area contributed by atoms with E-state index in [1.807, 2.05) is 0 Å². The number of halogens is 2. The van der Waals surface area contributed by atoms with Gasteiger partial charge in [0.1, 0.15) is 31.7 Å². The predicted octanol–water partition coefficient (Wildman–Crippen LogP) is 7.25. The van der Waals surface area contributed by atoms with Crippen LogP contribution in [0, 0.1) is 0 Å². The lowest BCUT2D eigenvalue weighted by atomic mass is 10.1. The number of amides is 3. The van der Waals surface area contributed by atoms with E-state index in [9.17, 15) is 19.2 Å². The quantitative estimate of drug-likeness (QED) is 0.0766. The first-order valence-electron chi connectivity index (χ1n) is 14.2. The highest BCUT2D eigenvalue weighted by atomic mass is 35.5. The van der Waals surface area contributed by atoms with E-state index in [0.29, 0.717) is 81.4 Å². The summed E-state index contributed by atoms with van der Waals surface area (Å²) in [6.07, 6.45) is 3.18. The van der Waals surface area contributed by atoms with Crippen LogP contribution in [0.2, 0.25) is 10.0 Å². The van der Waals surface area contributed by atoms with Gasteiger partial charge < -0.3 is 34.6 Å². The van der Waals surface area contributed by atoms with Gasteiger partial charge in [-0.3, -0.25) is 14.4 Å². The number of carboxylic acid groups (broad SMARTS) is 1. The van der Waals surface area contributed by atoms with E-state index in [1.165, 1.54) is 30.0 Å². The van der Waals surface area contributed by atoms with E-state index in [0.717, 1.165) is 11.8 Å². The van der Waals surface area contributed by atoms with Gasteiger partial charge in [-0.1, -0.05) is 71.2 Å². The fourth-order valence-corrected chi connectivity index (χ4v) is 6.79. The lowest BCUT2D eigenvalue weighted by molar-refractivity contribution is -0.116. The molecule has 2 aromatic heterocycles. The Morgan fingerprint density at radius 3 is 1.74 bits per heavy atom. The summed E-state index contributed by atoms with van der Waals surface area (Å²) in [7, 11) is 1.57. The topological polar surface area (TPSA) is 160 Å². The minimum Gasteiger partial charge on any atom is -0.478 e. The number of carboxylic acids is 1. The number of carbonyl (C=O) groups excluding carboxylic acids is 3. The van der Waals surface area contributed by atoms with Gasteiger partial charge in [-0.25, -0.2) is 4.79 Å². The second-order valence-corrected chi connectivity index (χ2v) is 14.3. The number of hydrogen-bond donors (Lipinski definition) is 4. The lowest BCUT2D eigenvalue weighted by Gasteiger charge is -2.07. The van der Waals surface area contributed by atoms with Crippen molar-refractivity contribution in [1.82, 2.24) is 16.0 Å². The van der Waals surface area contributed by atoms with Gasteiger partial charge in [0.05, 0.1) is 32.0 Å². The molecule has 4 heterocycles. The number of ether oxygens (including phenoxy) is 1. The maximum atomic E-state index is 12.2. The minimum absolute atomic E-state index is 0.108. The van der Waals surface area contributed by atoms with Crippen LogP contribution in [-0.2, 0) is 14.3 Å². The summed E-state index contributed by atoms with van der Waals surface area (Å²) in [6.45, 7) is 0.838. The van der Waals surface area contributed by atoms with Crippen molar-refractivity contribution in [3.63, 3.8) is 0 Å². The predicted molar refractivity (Wildman–Crippen MR) is 202 cm³/mol. The molecule has 11 nitrogen and oxygen atoms in total. The molecule has 0 radical (unpaired) electrons. The molecule has 2 aromatic carbocycles. The van der Waals surface area contributed by atoms with Crippen molar-refractivity contribution in [2.45, 2.75) is 0 Å². The molecule has 2 saturated heterocycles. The highest BCUT2D eigenvalue weighted by Crippen LogP contribution is 2.34. The number of benzene rings is 2. The fourth-order valence-electron chi connectivity index (χ4n) is 4.32. The van der Waals surface area contributed by atoms with Crippen molar-refractivity contribution in [3.05, 3.63) is 103 Å². The molecule has 256 valence electrons. The van der Waals surface area contributed by atoms with Crippen molar-refractivity contribution in [2.24, 2.45) is 0 Å². The summed E-state index contributed by atoms with van der Waals surface area (Å²) in [5.74, 6) is 0.0214. The van der Waals surface area contributed by atoms with E-state index in [-0.39, 0.29) is 23.3 Å². The highest BCUT2D eigenvalue weighted by molar-refractivity contribution is 8.27. The Balaban J connectivity index is 0.000000197. The number of hydrogen-bond acceptors (Lipinski definition) is 11. The van der Waals surface area contributed by atoms with Gasteiger partial charge in [0.25, 0.3) is 17.7 Å². The molecule has 4 N–H and O–H groups in total. The summed E-state index contributed by atoms with van der Waals surface area (Å²) in [6, 6.07) is 16.1. The molecule has 0 unspecified atom stereocenters. The Labute approximate surface area is 313 Å². The van der Waals surface area contributed by atoms with Gasteiger partial charge in [0, 0.05) is 42.5 Å². The van der Waals surface area contributed by atoms with Crippen LogP contribution in [0.25, 0.3) is 34.8 Å². The maximum absolute atomic E-state index is 12.2. The van der Waals surface area contributed by atoms with Crippen molar-refractivity contribution in [3.8, 4) is 22.6 Å². The first kappa shape index (κ1) is 37.0. The smallest absolute Gasteiger partial charge is 0.335 e. The average molecular weight is 789 g/mol. The number of methoxy groups -OCH3 is 1. The summed E-state index contributed by atoms with van der Waals surface area (Å²) >= 11 is 24.6. The minimum atomic E-state index is -1.05. The van der Waals surface area contributed by atoms with Gasteiger partial charge in [-0.05, 0) is 60.7 Å². The molecule has 0 atom stereocenters. The first-order chi connectivity index (χ1) is 23.9. The van der Waals surface area contributed by atoms with Crippen LogP contribution in [0.15, 0.2) is 79.3 Å². The fraction of sp³-hybridized carbons (Fsp3) is 0.0909. The Bertz CT molecular complexity index is 2110. The molecule has 0 bridgehead atoms. The van der Waals surface area contributed by atoms with Crippen LogP contribution in [0.1, 0.15) is 32.2 Å². The van der Waals surface area contributed by atoms with Crippen LogP contribution in [-0.4, -0.2) is 57.7 Å². The second kappa shape index (κ2) is 16.7. The third-order valence-corrected chi connectivity index (χ3v) is 9.63. The van der Waals surface area contributed by atoms with Crippen LogP contribution in [0.3, 0.4) is 0 Å². The van der Waals surface area contributed by atoms with Crippen molar-refractivity contribution < 1.29 is 37.9 Å². The molecule has 2 fully saturated rings. The number of aromatic carboxylic acids is 1. The van der Waals surface area contributed by atoms with Gasteiger partial charge in [0.2, 0.25) is 0 Å². The highest BCUT2D eigenvalue weighted by Gasteiger charge is 2.24. The zero-order valence-electron chi connectivity index (χ0n) is 25.5.